The highest BCUT2D eigenvalue weighted by molar-refractivity contribution is 7.11. The van der Waals surface area contributed by atoms with Gasteiger partial charge in [0.2, 0.25) is 0 Å². The van der Waals surface area contributed by atoms with E-state index >= 15 is 0 Å². The zero-order valence-corrected chi connectivity index (χ0v) is 13.4. The van der Waals surface area contributed by atoms with Gasteiger partial charge < -0.3 is 9.84 Å². The van der Waals surface area contributed by atoms with E-state index in [0.717, 1.165) is 9.56 Å². The number of esters is 1. The number of phenols is 1. The van der Waals surface area contributed by atoms with Crippen molar-refractivity contribution >= 4 is 28.1 Å². The van der Waals surface area contributed by atoms with Gasteiger partial charge in [-0.1, -0.05) is 0 Å². The van der Waals surface area contributed by atoms with E-state index in [-0.39, 0.29) is 23.6 Å². The van der Waals surface area contributed by atoms with Gasteiger partial charge in [0.1, 0.15) is 5.75 Å². The van der Waals surface area contributed by atoms with Crippen LogP contribution in [0.25, 0.3) is 16.5 Å². The first kappa shape index (κ1) is 15.2. The van der Waals surface area contributed by atoms with E-state index < -0.39 is 5.97 Å². The van der Waals surface area contributed by atoms with Crippen molar-refractivity contribution in [2.45, 2.75) is 13.8 Å². The molecule has 3 aromatic rings. The van der Waals surface area contributed by atoms with Crippen LogP contribution in [0.4, 0.5) is 0 Å². The molecule has 0 aliphatic carbocycles. The van der Waals surface area contributed by atoms with Crippen LogP contribution < -0.4 is 5.56 Å². The first-order valence-electron chi connectivity index (χ1n) is 7.00. The van der Waals surface area contributed by atoms with Crippen LogP contribution >= 0.6 is 11.3 Å². The fourth-order valence-corrected chi connectivity index (χ4v) is 3.16. The molecule has 0 aliphatic heterocycles. The standard InChI is InChI=1S/C16H14N2O4S/c1-3-22-16(21)14-12-8-23-9(2)13(12)15(20)18(17-14)10-4-6-11(19)7-5-10/h4-8,19H,3H2,1-2H3. The highest BCUT2D eigenvalue weighted by Crippen LogP contribution is 2.25. The lowest BCUT2D eigenvalue weighted by molar-refractivity contribution is 0.0520. The second-order valence-corrected chi connectivity index (χ2v) is 5.97. The van der Waals surface area contributed by atoms with Crippen molar-refractivity contribution in [3.8, 4) is 11.4 Å². The molecule has 0 saturated heterocycles. The zero-order chi connectivity index (χ0) is 16.6. The van der Waals surface area contributed by atoms with E-state index in [1.165, 1.54) is 23.5 Å². The number of carbonyl (C=O) groups excluding carboxylic acids is 1. The average Bonchev–Trinajstić information content (AvgIpc) is 2.91. The summed E-state index contributed by atoms with van der Waals surface area (Å²) in [4.78, 5) is 25.7. The molecule has 0 fully saturated rings. The van der Waals surface area contributed by atoms with Crippen LogP contribution in [-0.4, -0.2) is 27.5 Å². The maximum atomic E-state index is 12.7. The van der Waals surface area contributed by atoms with Gasteiger partial charge in [0.15, 0.2) is 5.69 Å². The maximum absolute atomic E-state index is 12.7. The lowest BCUT2D eigenvalue weighted by Crippen LogP contribution is -2.25. The molecule has 6 nitrogen and oxygen atoms in total. The van der Waals surface area contributed by atoms with E-state index in [4.69, 9.17) is 4.74 Å². The molecule has 0 spiro atoms. The Morgan fingerprint density at radius 3 is 2.70 bits per heavy atom. The lowest BCUT2D eigenvalue weighted by atomic mass is 10.2. The predicted octanol–water partition coefficient (Wildman–Crippen LogP) is 2.64. The molecule has 0 unspecified atom stereocenters. The highest BCUT2D eigenvalue weighted by Gasteiger charge is 2.20. The van der Waals surface area contributed by atoms with Crippen LogP contribution in [-0.2, 0) is 4.74 Å². The first-order valence-corrected chi connectivity index (χ1v) is 7.88. The average molecular weight is 330 g/mol. The molecule has 118 valence electrons. The van der Waals surface area contributed by atoms with Gasteiger partial charge in [0, 0.05) is 15.6 Å². The summed E-state index contributed by atoms with van der Waals surface area (Å²) < 4.78 is 6.20. The number of hydrogen-bond acceptors (Lipinski definition) is 6. The monoisotopic (exact) mass is 330 g/mol. The summed E-state index contributed by atoms with van der Waals surface area (Å²) in [5, 5.41) is 16.3. The van der Waals surface area contributed by atoms with Gasteiger partial charge >= 0.3 is 5.97 Å². The van der Waals surface area contributed by atoms with Crippen LogP contribution in [0.5, 0.6) is 5.75 Å². The number of thiophene rings is 1. The number of aromatic nitrogens is 2. The Kier molecular flexibility index (Phi) is 3.87. The second kappa shape index (κ2) is 5.85. The Bertz CT molecular complexity index is 941. The third-order valence-corrected chi connectivity index (χ3v) is 4.31. The van der Waals surface area contributed by atoms with Crippen molar-refractivity contribution in [3.63, 3.8) is 0 Å². The van der Waals surface area contributed by atoms with Gasteiger partial charge in [-0.2, -0.15) is 9.78 Å². The first-order chi connectivity index (χ1) is 11.0. The molecule has 2 aromatic heterocycles. The van der Waals surface area contributed by atoms with E-state index in [1.54, 1.807) is 24.4 Å². The largest absolute Gasteiger partial charge is 0.508 e. The quantitative estimate of drug-likeness (QED) is 0.747. The Balaban J connectivity index is 2.32. The minimum atomic E-state index is -0.567. The predicted molar refractivity (Wildman–Crippen MR) is 87.6 cm³/mol. The molecule has 3 rings (SSSR count). The Hall–Kier alpha value is -2.67. The molecular formula is C16H14N2O4S. The number of hydrogen-bond donors (Lipinski definition) is 1. The molecule has 0 aliphatic rings. The van der Waals surface area contributed by atoms with Crippen LogP contribution in [0.3, 0.4) is 0 Å². The molecule has 1 N–H and O–H groups in total. The van der Waals surface area contributed by atoms with Crippen LogP contribution in [0.15, 0.2) is 34.4 Å². The summed E-state index contributed by atoms with van der Waals surface area (Å²) >= 11 is 1.39. The van der Waals surface area contributed by atoms with Gasteiger partial charge in [-0.05, 0) is 38.1 Å². The molecule has 7 heteroatoms. The molecule has 0 saturated carbocycles. The third kappa shape index (κ3) is 2.59. The molecule has 0 amide bonds. The van der Waals surface area contributed by atoms with Gasteiger partial charge in [0.25, 0.3) is 5.56 Å². The number of aromatic hydroxyl groups is 1. The van der Waals surface area contributed by atoms with Crippen molar-refractivity contribution in [2.24, 2.45) is 0 Å². The smallest absolute Gasteiger partial charge is 0.359 e. The van der Waals surface area contributed by atoms with Crippen molar-refractivity contribution in [3.05, 3.63) is 50.6 Å². The summed E-state index contributed by atoms with van der Waals surface area (Å²) in [7, 11) is 0. The Morgan fingerprint density at radius 1 is 1.35 bits per heavy atom. The summed E-state index contributed by atoms with van der Waals surface area (Å²) in [5.74, 6) is -0.483. The molecule has 23 heavy (non-hydrogen) atoms. The summed E-state index contributed by atoms with van der Waals surface area (Å²) in [6.45, 7) is 3.76. The van der Waals surface area contributed by atoms with Gasteiger partial charge in [-0.25, -0.2) is 4.79 Å². The van der Waals surface area contributed by atoms with Crippen molar-refractivity contribution in [2.75, 3.05) is 6.61 Å². The van der Waals surface area contributed by atoms with Gasteiger partial charge in [0.05, 0.1) is 17.7 Å². The van der Waals surface area contributed by atoms with Crippen LogP contribution in [0.1, 0.15) is 22.3 Å². The summed E-state index contributed by atoms with van der Waals surface area (Å²) in [5.41, 5.74) is 0.266. The number of carbonyl (C=O) groups is 1. The fraction of sp³-hybridized carbons (Fsp3) is 0.188. The minimum absolute atomic E-state index is 0.0835. The van der Waals surface area contributed by atoms with E-state index in [9.17, 15) is 14.7 Å². The van der Waals surface area contributed by atoms with E-state index in [0.29, 0.717) is 16.5 Å². The molecule has 1 aromatic carbocycles. The van der Waals surface area contributed by atoms with Crippen molar-refractivity contribution in [1.82, 2.24) is 9.78 Å². The summed E-state index contributed by atoms with van der Waals surface area (Å²) in [6, 6.07) is 6.04. The number of ether oxygens (including phenoxy) is 1. The third-order valence-electron chi connectivity index (χ3n) is 3.40. The number of phenolic OH excluding ortho intramolecular Hbond substituents is 1. The number of nitrogens with zero attached hydrogens (tertiary/aromatic N) is 2. The molecule has 2 heterocycles. The van der Waals surface area contributed by atoms with Gasteiger partial charge in [-0.3, -0.25) is 4.79 Å². The Morgan fingerprint density at radius 2 is 2.04 bits per heavy atom. The number of rotatable bonds is 3. The van der Waals surface area contributed by atoms with E-state index in [1.807, 2.05) is 6.92 Å². The zero-order valence-electron chi connectivity index (χ0n) is 12.6. The fourth-order valence-electron chi connectivity index (χ4n) is 2.32. The van der Waals surface area contributed by atoms with Gasteiger partial charge in [-0.15, -0.1) is 11.3 Å². The minimum Gasteiger partial charge on any atom is -0.508 e. The van der Waals surface area contributed by atoms with Crippen LogP contribution in [0, 0.1) is 6.92 Å². The Labute approximate surface area is 135 Å². The maximum Gasteiger partial charge on any atom is 0.359 e. The highest BCUT2D eigenvalue weighted by atomic mass is 32.1. The molecule has 0 radical (unpaired) electrons. The van der Waals surface area contributed by atoms with Crippen molar-refractivity contribution < 1.29 is 14.6 Å². The SMILES string of the molecule is CCOC(=O)c1nn(-c2ccc(O)cc2)c(=O)c2c(C)scc12. The van der Waals surface area contributed by atoms with E-state index in [2.05, 4.69) is 5.10 Å². The van der Waals surface area contributed by atoms with Crippen LogP contribution in [0.2, 0.25) is 0 Å². The molecule has 0 bridgehead atoms. The number of aryl methyl sites for hydroxylation is 1. The number of fused-ring (bicyclic) bond motifs is 1. The normalized spacial score (nSPS) is 10.9. The second-order valence-electron chi connectivity index (χ2n) is 4.88. The lowest BCUT2D eigenvalue weighted by Gasteiger charge is -2.09. The molecule has 0 atom stereocenters. The molecular weight excluding hydrogens is 316 g/mol. The van der Waals surface area contributed by atoms with Crippen molar-refractivity contribution in [1.29, 1.82) is 0 Å². The number of benzene rings is 1. The topological polar surface area (TPSA) is 81.4 Å². The summed E-state index contributed by atoms with van der Waals surface area (Å²) in [6.07, 6.45) is 0.